The Morgan fingerprint density at radius 3 is 2.89 bits per heavy atom. The highest BCUT2D eigenvalue weighted by molar-refractivity contribution is 5.78. The van der Waals surface area contributed by atoms with Crippen molar-refractivity contribution in [3.05, 3.63) is 24.0 Å². The van der Waals surface area contributed by atoms with E-state index in [0.717, 1.165) is 12.1 Å². The zero-order valence-corrected chi connectivity index (χ0v) is 11.1. The highest BCUT2D eigenvalue weighted by Gasteiger charge is 2.35. The molecule has 0 saturated heterocycles. The molecule has 1 fully saturated rings. The lowest BCUT2D eigenvalue weighted by Gasteiger charge is -2.27. The van der Waals surface area contributed by atoms with Gasteiger partial charge in [0.25, 0.3) is 0 Å². The van der Waals surface area contributed by atoms with Crippen molar-refractivity contribution in [2.45, 2.75) is 45.6 Å². The number of anilines is 1. The van der Waals surface area contributed by atoms with Gasteiger partial charge in [-0.05, 0) is 30.4 Å². The topological polar surface area (TPSA) is 68.0 Å². The number of aromatic nitrogens is 1. The van der Waals surface area contributed by atoms with Gasteiger partial charge in [-0.15, -0.1) is 0 Å². The number of rotatable bonds is 3. The second-order valence-corrected chi connectivity index (χ2v) is 5.76. The number of nitrogens with zero attached hydrogens (tertiary/aromatic N) is 1. The minimum absolute atomic E-state index is 0.0484. The van der Waals surface area contributed by atoms with Crippen LogP contribution >= 0.6 is 0 Å². The molecule has 0 radical (unpaired) electrons. The summed E-state index contributed by atoms with van der Waals surface area (Å²) in [6.07, 6.45) is 5.36. The van der Waals surface area contributed by atoms with Crippen molar-refractivity contribution in [3.63, 3.8) is 0 Å². The van der Waals surface area contributed by atoms with Gasteiger partial charge in [-0.2, -0.15) is 0 Å². The van der Waals surface area contributed by atoms with Gasteiger partial charge in [0.1, 0.15) is 0 Å². The van der Waals surface area contributed by atoms with Crippen molar-refractivity contribution >= 4 is 11.6 Å². The minimum atomic E-state index is 0.0484. The second kappa shape index (κ2) is 4.96. The van der Waals surface area contributed by atoms with Gasteiger partial charge in [-0.3, -0.25) is 9.78 Å². The summed E-state index contributed by atoms with van der Waals surface area (Å²) < 4.78 is 0. The molecule has 4 heteroatoms. The Labute approximate surface area is 108 Å². The number of nitrogens with two attached hydrogens (primary N) is 1. The molecule has 98 valence electrons. The molecule has 2 rings (SSSR count). The van der Waals surface area contributed by atoms with E-state index in [1.807, 2.05) is 0 Å². The van der Waals surface area contributed by atoms with Crippen molar-refractivity contribution in [2.24, 2.45) is 5.41 Å². The first kappa shape index (κ1) is 12.9. The molecule has 1 aromatic rings. The minimum Gasteiger partial charge on any atom is -0.397 e. The Kier molecular flexibility index (Phi) is 3.55. The lowest BCUT2D eigenvalue weighted by Crippen LogP contribution is -2.42. The summed E-state index contributed by atoms with van der Waals surface area (Å²) in [5.74, 6) is 0.0484. The molecule has 0 aromatic carbocycles. The van der Waals surface area contributed by atoms with Gasteiger partial charge < -0.3 is 11.1 Å². The van der Waals surface area contributed by atoms with Crippen LogP contribution in [0.25, 0.3) is 0 Å². The predicted octanol–water partition coefficient (Wildman–Crippen LogP) is 1.90. The zero-order valence-electron chi connectivity index (χ0n) is 11.1. The van der Waals surface area contributed by atoms with Crippen LogP contribution in [0.2, 0.25) is 0 Å². The second-order valence-electron chi connectivity index (χ2n) is 5.76. The van der Waals surface area contributed by atoms with Gasteiger partial charge in [0.05, 0.1) is 18.3 Å². The van der Waals surface area contributed by atoms with Crippen molar-refractivity contribution < 1.29 is 4.79 Å². The van der Waals surface area contributed by atoms with Gasteiger partial charge in [0.2, 0.25) is 5.91 Å². The molecule has 1 saturated carbocycles. The summed E-state index contributed by atoms with van der Waals surface area (Å²) in [5.41, 5.74) is 7.16. The van der Waals surface area contributed by atoms with E-state index in [-0.39, 0.29) is 11.3 Å². The molecular weight excluding hydrogens is 226 g/mol. The van der Waals surface area contributed by atoms with Crippen molar-refractivity contribution in [1.82, 2.24) is 10.3 Å². The van der Waals surface area contributed by atoms with Crippen LogP contribution in [0.5, 0.6) is 0 Å². The maximum Gasteiger partial charge on any atom is 0.226 e. The lowest BCUT2D eigenvalue weighted by molar-refractivity contribution is -0.121. The highest BCUT2D eigenvalue weighted by atomic mass is 16.1. The van der Waals surface area contributed by atoms with Crippen LogP contribution in [-0.2, 0) is 11.2 Å². The van der Waals surface area contributed by atoms with E-state index in [2.05, 4.69) is 24.1 Å². The number of hydrogen-bond acceptors (Lipinski definition) is 3. The normalized spacial score (nSPS) is 21.8. The van der Waals surface area contributed by atoms with Crippen LogP contribution in [-0.4, -0.2) is 16.9 Å². The Morgan fingerprint density at radius 1 is 1.56 bits per heavy atom. The third-order valence-electron chi connectivity index (χ3n) is 3.78. The van der Waals surface area contributed by atoms with Crippen molar-refractivity contribution in [2.75, 3.05) is 5.73 Å². The maximum absolute atomic E-state index is 12.0. The average Bonchev–Trinajstić information content (AvgIpc) is 2.62. The fourth-order valence-corrected chi connectivity index (χ4v) is 2.54. The van der Waals surface area contributed by atoms with Crippen LogP contribution in [0.3, 0.4) is 0 Å². The fraction of sp³-hybridized carbons (Fsp3) is 0.571. The predicted molar refractivity (Wildman–Crippen MR) is 71.9 cm³/mol. The quantitative estimate of drug-likeness (QED) is 0.857. The average molecular weight is 247 g/mol. The molecule has 1 aromatic heterocycles. The van der Waals surface area contributed by atoms with Crippen LogP contribution in [0.1, 0.15) is 38.8 Å². The third kappa shape index (κ3) is 3.00. The van der Waals surface area contributed by atoms with E-state index in [9.17, 15) is 4.79 Å². The number of carbonyl (C=O) groups excluding carboxylic acids is 1. The first-order chi connectivity index (χ1) is 8.47. The summed E-state index contributed by atoms with van der Waals surface area (Å²) in [6, 6.07) is 3.86. The number of amides is 1. The first-order valence-corrected chi connectivity index (χ1v) is 6.47. The first-order valence-electron chi connectivity index (χ1n) is 6.47. The molecule has 1 amide bonds. The van der Waals surface area contributed by atoms with E-state index in [0.29, 0.717) is 18.2 Å². The van der Waals surface area contributed by atoms with Crippen LogP contribution in [0.4, 0.5) is 5.69 Å². The van der Waals surface area contributed by atoms with E-state index in [1.54, 1.807) is 18.3 Å². The molecule has 1 atom stereocenters. The Morgan fingerprint density at radius 2 is 2.33 bits per heavy atom. The van der Waals surface area contributed by atoms with Gasteiger partial charge in [-0.1, -0.05) is 20.3 Å². The Hall–Kier alpha value is -1.58. The molecule has 18 heavy (non-hydrogen) atoms. The monoisotopic (exact) mass is 247 g/mol. The molecule has 4 nitrogen and oxygen atoms in total. The van der Waals surface area contributed by atoms with Crippen LogP contribution < -0.4 is 11.1 Å². The molecule has 1 aliphatic rings. The molecule has 3 N–H and O–H groups in total. The number of hydrogen-bond donors (Lipinski definition) is 2. The number of carbonyl (C=O) groups is 1. The fourth-order valence-electron chi connectivity index (χ4n) is 2.54. The molecule has 0 bridgehead atoms. The van der Waals surface area contributed by atoms with Crippen molar-refractivity contribution in [3.8, 4) is 0 Å². The number of nitrogen functional groups attached to an aromatic ring is 1. The maximum atomic E-state index is 12.0. The molecular formula is C14H21N3O. The molecule has 0 spiro atoms. The van der Waals surface area contributed by atoms with Gasteiger partial charge in [-0.25, -0.2) is 0 Å². The van der Waals surface area contributed by atoms with Gasteiger partial charge in [0, 0.05) is 11.7 Å². The largest absolute Gasteiger partial charge is 0.397 e. The Bertz CT molecular complexity index is 425. The Balaban J connectivity index is 1.91. The number of pyridine rings is 1. The van der Waals surface area contributed by atoms with E-state index in [4.69, 9.17) is 5.73 Å². The lowest BCUT2D eigenvalue weighted by atomic mass is 9.87. The van der Waals surface area contributed by atoms with E-state index in [1.165, 1.54) is 12.8 Å². The van der Waals surface area contributed by atoms with Gasteiger partial charge in [0.15, 0.2) is 0 Å². The van der Waals surface area contributed by atoms with E-state index >= 15 is 0 Å². The summed E-state index contributed by atoms with van der Waals surface area (Å²) in [4.78, 5) is 16.1. The molecule has 1 heterocycles. The summed E-state index contributed by atoms with van der Waals surface area (Å²) in [6.45, 7) is 4.43. The molecule has 1 aliphatic carbocycles. The standard InChI is InChI=1S/C14H21N3O/c1-14(2)7-3-4-12(14)17-13(18)8-11-6-5-10(15)9-16-11/h5-6,9,12H,3-4,7-8,15H2,1-2H3,(H,17,18). The molecule has 0 aliphatic heterocycles. The summed E-state index contributed by atoms with van der Waals surface area (Å²) in [7, 11) is 0. The van der Waals surface area contributed by atoms with Crippen molar-refractivity contribution in [1.29, 1.82) is 0 Å². The number of nitrogens with one attached hydrogen (secondary N) is 1. The van der Waals surface area contributed by atoms with Gasteiger partial charge >= 0.3 is 0 Å². The van der Waals surface area contributed by atoms with E-state index < -0.39 is 0 Å². The SMILES string of the molecule is CC1(C)CCCC1NC(=O)Cc1ccc(N)cn1. The smallest absolute Gasteiger partial charge is 0.226 e. The zero-order chi connectivity index (χ0) is 13.2. The van der Waals surface area contributed by atoms with Crippen LogP contribution in [0.15, 0.2) is 18.3 Å². The highest BCUT2D eigenvalue weighted by Crippen LogP contribution is 2.37. The third-order valence-corrected chi connectivity index (χ3v) is 3.78. The van der Waals surface area contributed by atoms with Crippen LogP contribution in [0, 0.1) is 5.41 Å². The summed E-state index contributed by atoms with van der Waals surface area (Å²) in [5, 5.41) is 3.12. The molecule has 1 unspecified atom stereocenters. The summed E-state index contributed by atoms with van der Waals surface area (Å²) >= 11 is 0.